The minimum atomic E-state index is 0.0331. The van der Waals surface area contributed by atoms with Crippen LogP contribution in [0.3, 0.4) is 0 Å². The van der Waals surface area contributed by atoms with Crippen molar-refractivity contribution in [1.82, 2.24) is 4.98 Å². The van der Waals surface area contributed by atoms with Crippen molar-refractivity contribution in [2.24, 2.45) is 0 Å². The number of nitrogens with zero attached hydrogens (tertiary/aromatic N) is 2. The third-order valence-electron chi connectivity index (χ3n) is 3.84. The number of hydrogen-bond acceptors (Lipinski definition) is 3. The van der Waals surface area contributed by atoms with Gasteiger partial charge in [0.25, 0.3) is 5.91 Å². The highest BCUT2D eigenvalue weighted by atomic mass is 16.2. The van der Waals surface area contributed by atoms with Crippen LogP contribution in [0, 0.1) is 0 Å². The Morgan fingerprint density at radius 1 is 1.38 bits per heavy atom. The van der Waals surface area contributed by atoms with Crippen molar-refractivity contribution in [3.8, 4) is 0 Å². The molecule has 0 bridgehead atoms. The van der Waals surface area contributed by atoms with Crippen molar-refractivity contribution >= 4 is 17.3 Å². The minimum Gasteiger partial charge on any atom is -0.383 e. The van der Waals surface area contributed by atoms with E-state index in [1.54, 1.807) is 18.5 Å². The minimum absolute atomic E-state index is 0.0331. The zero-order valence-corrected chi connectivity index (χ0v) is 12.3. The van der Waals surface area contributed by atoms with E-state index in [1.807, 2.05) is 30.0 Å². The summed E-state index contributed by atoms with van der Waals surface area (Å²) in [4.78, 5) is 19.0. The first-order valence-corrected chi connectivity index (χ1v) is 7.31. The van der Waals surface area contributed by atoms with Crippen LogP contribution in [0.1, 0.15) is 29.8 Å². The molecule has 21 heavy (non-hydrogen) atoms. The van der Waals surface area contributed by atoms with E-state index in [0.717, 1.165) is 24.3 Å². The quantitative estimate of drug-likeness (QED) is 0.940. The van der Waals surface area contributed by atoms with E-state index in [-0.39, 0.29) is 11.9 Å². The Labute approximate surface area is 124 Å². The van der Waals surface area contributed by atoms with E-state index in [2.05, 4.69) is 23.3 Å². The maximum absolute atomic E-state index is 13.0. The molecule has 4 nitrogen and oxygen atoms in total. The molecule has 3 rings (SSSR count). The average molecular weight is 281 g/mol. The molecule has 1 atom stereocenters. The standard InChI is InChI=1S/C17H19N3O/c1-3-19-15-11-18-9-8-14(15)17(21)20-12(2)10-13-6-4-5-7-16(13)20/h4-9,11-12,19H,3,10H2,1-2H3. The van der Waals surface area contributed by atoms with Crippen LogP contribution in [0.5, 0.6) is 0 Å². The fourth-order valence-electron chi connectivity index (χ4n) is 2.92. The molecule has 1 aliphatic heterocycles. The van der Waals surface area contributed by atoms with E-state index in [9.17, 15) is 4.79 Å². The molecule has 1 aliphatic rings. The van der Waals surface area contributed by atoms with Gasteiger partial charge in [-0.3, -0.25) is 9.78 Å². The van der Waals surface area contributed by atoms with Crippen molar-refractivity contribution in [1.29, 1.82) is 0 Å². The Bertz CT molecular complexity index is 669. The van der Waals surface area contributed by atoms with Crippen LogP contribution in [0.4, 0.5) is 11.4 Å². The lowest BCUT2D eigenvalue weighted by Gasteiger charge is -2.24. The molecular formula is C17H19N3O. The van der Waals surface area contributed by atoms with Crippen molar-refractivity contribution in [3.63, 3.8) is 0 Å². The van der Waals surface area contributed by atoms with Crippen molar-refractivity contribution < 1.29 is 4.79 Å². The summed E-state index contributed by atoms with van der Waals surface area (Å²) in [6, 6.07) is 10.1. The first-order valence-electron chi connectivity index (χ1n) is 7.31. The lowest BCUT2D eigenvalue weighted by atomic mass is 10.1. The van der Waals surface area contributed by atoms with Crippen molar-refractivity contribution in [2.45, 2.75) is 26.3 Å². The highest BCUT2D eigenvalue weighted by Gasteiger charge is 2.32. The van der Waals surface area contributed by atoms with E-state index in [4.69, 9.17) is 0 Å². The first-order chi connectivity index (χ1) is 10.2. The van der Waals surface area contributed by atoms with Crippen LogP contribution in [0.25, 0.3) is 0 Å². The van der Waals surface area contributed by atoms with Gasteiger partial charge in [-0.2, -0.15) is 0 Å². The summed E-state index contributed by atoms with van der Waals surface area (Å²) in [6.45, 7) is 4.86. The smallest absolute Gasteiger partial charge is 0.260 e. The zero-order chi connectivity index (χ0) is 14.8. The van der Waals surface area contributed by atoms with Gasteiger partial charge in [-0.15, -0.1) is 0 Å². The summed E-state index contributed by atoms with van der Waals surface area (Å²) in [6.07, 6.45) is 4.29. The molecule has 2 aromatic rings. The molecule has 0 saturated carbocycles. The zero-order valence-electron chi connectivity index (χ0n) is 12.3. The van der Waals surface area contributed by atoms with Crippen LogP contribution in [-0.4, -0.2) is 23.5 Å². The molecular weight excluding hydrogens is 262 g/mol. The highest BCUT2D eigenvalue weighted by molar-refractivity contribution is 6.10. The van der Waals surface area contributed by atoms with Crippen LogP contribution in [0.15, 0.2) is 42.7 Å². The van der Waals surface area contributed by atoms with Gasteiger partial charge in [-0.1, -0.05) is 18.2 Å². The monoisotopic (exact) mass is 281 g/mol. The van der Waals surface area contributed by atoms with Gasteiger partial charge in [0, 0.05) is 24.5 Å². The molecule has 0 radical (unpaired) electrons. The Balaban J connectivity index is 2.00. The molecule has 0 saturated heterocycles. The number of carbonyl (C=O) groups excluding carboxylic acids is 1. The number of pyridine rings is 1. The predicted molar refractivity (Wildman–Crippen MR) is 84.8 cm³/mol. The maximum Gasteiger partial charge on any atom is 0.260 e. The van der Waals surface area contributed by atoms with Crippen molar-refractivity contribution in [3.05, 3.63) is 53.9 Å². The van der Waals surface area contributed by atoms with E-state index >= 15 is 0 Å². The van der Waals surface area contributed by atoms with Crippen LogP contribution < -0.4 is 10.2 Å². The van der Waals surface area contributed by atoms with Gasteiger partial charge >= 0.3 is 0 Å². The van der Waals surface area contributed by atoms with Crippen molar-refractivity contribution in [2.75, 3.05) is 16.8 Å². The Kier molecular flexibility index (Phi) is 3.60. The Morgan fingerprint density at radius 2 is 2.19 bits per heavy atom. The number of nitrogens with one attached hydrogen (secondary N) is 1. The molecule has 2 heterocycles. The molecule has 4 heteroatoms. The number of carbonyl (C=O) groups is 1. The lowest BCUT2D eigenvalue weighted by molar-refractivity contribution is 0.0982. The molecule has 1 aromatic heterocycles. The second-order valence-corrected chi connectivity index (χ2v) is 5.31. The summed E-state index contributed by atoms with van der Waals surface area (Å²) in [5.41, 5.74) is 3.73. The van der Waals surface area contributed by atoms with Gasteiger partial charge < -0.3 is 10.2 Å². The van der Waals surface area contributed by atoms with Gasteiger partial charge in [0.05, 0.1) is 17.4 Å². The maximum atomic E-state index is 13.0. The third kappa shape index (κ3) is 2.37. The number of benzene rings is 1. The highest BCUT2D eigenvalue weighted by Crippen LogP contribution is 2.33. The first kappa shape index (κ1) is 13.6. The van der Waals surface area contributed by atoms with Gasteiger partial charge in [0.1, 0.15) is 0 Å². The summed E-state index contributed by atoms with van der Waals surface area (Å²) >= 11 is 0. The Hall–Kier alpha value is -2.36. The SMILES string of the molecule is CCNc1cnccc1C(=O)N1c2ccccc2CC1C. The largest absolute Gasteiger partial charge is 0.383 e. The van der Waals surface area contributed by atoms with Gasteiger partial charge in [-0.05, 0) is 38.0 Å². The molecule has 108 valence electrons. The second-order valence-electron chi connectivity index (χ2n) is 5.31. The van der Waals surface area contributed by atoms with Crippen LogP contribution in [0.2, 0.25) is 0 Å². The van der Waals surface area contributed by atoms with Gasteiger partial charge in [-0.25, -0.2) is 0 Å². The number of fused-ring (bicyclic) bond motifs is 1. The van der Waals surface area contributed by atoms with E-state index in [0.29, 0.717) is 5.56 Å². The van der Waals surface area contributed by atoms with Crippen LogP contribution >= 0.6 is 0 Å². The molecule has 1 unspecified atom stereocenters. The van der Waals surface area contributed by atoms with Gasteiger partial charge in [0.15, 0.2) is 0 Å². The number of rotatable bonds is 3. The Morgan fingerprint density at radius 3 is 3.00 bits per heavy atom. The average Bonchev–Trinajstić information content (AvgIpc) is 2.83. The molecule has 1 N–H and O–H groups in total. The number of hydrogen-bond donors (Lipinski definition) is 1. The summed E-state index contributed by atoms with van der Waals surface area (Å²) in [7, 11) is 0. The fourth-order valence-corrected chi connectivity index (χ4v) is 2.92. The topological polar surface area (TPSA) is 45.2 Å². The van der Waals surface area contributed by atoms with E-state index in [1.165, 1.54) is 5.56 Å². The number of aromatic nitrogens is 1. The molecule has 0 aliphatic carbocycles. The summed E-state index contributed by atoms with van der Waals surface area (Å²) in [5, 5.41) is 3.21. The molecule has 0 spiro atoms. The van der Waals surface area contributed by atoms with Crippen LogP contribution in [-0.2, 0) is 6.42 Å². The summed E-state index contributed by atoms with van der Waals surface area (Å²) < 4.78 is 0. The normalized spacial score (nSPS) is 16.7. The van der Waals surface area contributed by atoms with E-state index < -0.39 is 0 Å². The second kappa shape index (κ2) is 5.56. The third-order valence-corrected chi connectivity index (χ3v) is 3.84. The number of para-hydroxylation sites is 1. The lowest BCUT2D eigenvalue weighted by Crippen LogP contribution is -2.36. The summed E-state index contributed by atoms with van der Waals surface area (Å²) in [5.74, 6) is 0.0331. The van der Waals surface area contributed by atoms with Gasteiger partial charge in [0.2, 0.25) is 0 Å². The molecule has 1 aromatic carbocycles. The predicted octanol–water partition coefficient (Wildman–Crippen LogP) is 3.10. The molecule has 0 fully saturated rings. The number of anilines is 2. The molecule has 1 amide bonds. The number of amides is 1. The fraction of sp³-hybridized carbons (Fsp3) is 0.294.